The molecule has 0 aromatic heterocycles. The molecular weight excluding hydrogens is 365 g/mol. The van der Waals surface area contributed by atoms with Crippen molar-refractivity contribution in [2.45, 2.75) is 6.92 Å². The average molecular weight is 376 g/mol. The van der Waals surface area contributed by atoms with Crippen LogP contribution in [0.5, 0.6) is 5.75 Å². The number of hydrogen-bond donors (Lipinski definition) is 0. The summed E-state index contributed by atoms with van der Waals surface area (Å²) in [6.07, 6.45) is 1.48. The van der Waals surface area contributed by atoms with E-state index in [9.17, 15) is 9.59 Å². The second kappa shape index (κ2) is 7.09. The number of cyclic esters (lactones) is 1. The summed E-state index contributed by atoms with van der Waals surface area (Å²) in [6.45, 7) is 1.30. The number of para-hydroxylation sites is 1. The normalized spacial score (nSPS) is 15.1. The van der Waals surface area contributed by atoms with Crippen LogP contribution in [0.4, 0.5) is 0 Å². The first-order valence-electron chi connectivity index (χ1n) is 7.19. The van der Waals surface area contributed by atoms with Crippen molar-refractivity contribution >= 4 is 47.1 Å². The van der Waals surface area contributed by atoms with Crippen molar-refractivity contribution in [2.75, 3.05) is 0 Å². The second-order valence-electron chi connectivity index (χ2n) is 5.09. The third-order valence-electron chi connectivity index (χ3n) is 3.25. The summed E-state index contributed by atoms with van der Waals surface area (Å²) in [5.74, 6) is -0.679. The van der Waals surface area contributed by atoms with Crippen molar-refractivity contribution in [3.63, 3.8) is 0 Å². The maximum absolute atomic E-state index is 12.1. The summed E-state index contributed by atoms with van der Waals surface area (Å²) in [5, 5.41) is 0.783. The molecule has 0 atom stereocenters. The van der Waals surface area contributed by atoms with E-state index in [1.165, 1.54) is 19.1 Å². The van der Waals surface area contributed by atoms with Crippen LogP contribution in [0.2, 0.25) is 10.0 Å². The van der Waals surface area contributed by atoms with Gasteiger partial charge in [-0.2, -0.15) is 0 Å². The van der Waals surface area contributed by atoms with Gasteiger partial charge < -0.3 is 9.47 Å². The number of hydrogen-bond acceptors (Lipinski definition) is 5. The number of esters is 2. The minimum absolute atomic E-state index is 0.0700. The lowest BCUT2D eigenvalue weighted by molar-refractivity contribution is -0.132. The molecule has 3 rings (SSSR count). The fourth-order valence-electron chi connectivity index (χ4n) is 2.18. The van der Waals surface area contributed by atoms with E-state index in [2.05, 4.69) is 4.99 Å². The summed E-state index contributed by atoms with van der Waals surface area (Å²) in [6, 6.07) is 11.6. The van der Waals surface area contributed by atoms with Gasteiger partial charge in [0.2, 0.25) is 5.90 Å². The summed E-state index contributed by atoms with van der Waals surface area (Å²) >= 11 is 12.0. The molecule has 1 heterocycles. The monoisotopic (exact) mass is 375 g/mol. The molecule has 0 N–H and O–H groups in total. The van der Waals surface area contributed by atoms with Crippen molar-refractivity contribution in [3.05, 3.63) is 69.3 Å². The van der Waals surface area contributed by atoms with Crippen LogP contribution in [0.25, 0.3) is 6.08 Å². The number of carbonyl (C=O) groups is 2. The molecule has 5 nitrogen and oxygen atoms in total. The van der Waals surface area contributed by atoms with Gasteiger partial charge in [0, 0.05) is 17.5 Å². The molecule has 7 heteroatoms. The fraction of sp³-hybridized carbons (Fsp3) is 0.0556. The third-order valence-corrected chi connectivity index (χ3v) is 3.79. The van der Waals surface area contributed by atoms with E-state index >= 15 is 0 Å². The van der Waals surface area contributed by atoms with Gasteiger partial charge in [0.15, 0.2) is 5.70 Å². The summed E-state index contributed by atoms with van der Waals surface area (Å²) in [7, 11) is 0. The quantitative estimate of drug-likeness (QED) is 0.456. The number of benzene rings is 2. The molecule has 0 saturated carbocycles. The Hall–Kier alpha value is -2.63. The third kappa shape index (κ3) is 3.90. The van der Waals surface area contributed by atoms with E-state index in [4.69, 9.17) is 32.7 Å². The van der Waals surface area contributed by atoms with Crippen LogP contribution < -0.4 is 4.74 Å². The van der Waals surface area contributed by atoms with Crippen molar-refractivity contribution in [1.29, 1.82) is 0 Å². The SMILES string of the molecule is CC(=O)Oc1ccccc1C=C1N=C(c2ccc(Cl)cc2Cl)OC1=O. The van der Waals surface area contributed by atoms with Gasteiger partial charge in [-0.1, -0.05) is 41.4 Å². The zero-order valence-electron chi connectivity index (χ0n) is 13.0. The van der Waals surface area contributed by atoms with Crippen LogP contribution in [-0.4, -0.2) is 17.8 Å². The number of nitrogens with zero attached hydrogens (tertiary/aromatic N) is 1. The highest BCUT2D eigenvalue weighted by Gasteiger charge is 2.26. The molecule has 2 aromatic rings. The lowest BCUT2D eigenvalue weighted by atomic mass is 10.1. The highest BCUT2D eigenvalue weighted by molar-refractivity contribution is 6.37. The maximum Gasteiger partial charge on any atom is 0.363 e. The van der Waals surface area contributed by atoms with Crippen LogP contribution in [0.3, 0.4) is 0 Å². The number of rotatable bonds is 3. The van der Waals surface area contributed by atoms with E-state index in [0.29, 0.717) is 26.9 Å². The fourth-order valence-corrected chi connectivity index (χ4v) is 2.67. The molecule has 0 spiro atoms. The Balaban J connectivity index is 1.98. The largest absolute Gasteiger partial charge is 0.426 e. The second-order valence-corrected chi connectivity index (χ2v) is 5.94. The number of carbonyl (C=O) groups excluding carboxylic acids is 2. The Morgan fingerprint density at radius 3 is 2.68 bits per heavy atom. The van der Waals surface area contributed by atoms with Crippen LogP contribution >= 0.6 is 23.2 Å². The Labute approximate surface area is 153 Å². The van der Waals surface area contributed by atoms with E-state index < -0.39 is 11.9 Å². The minimum Gasteiger partial charge on any atom is -0.426 e. The Kier molecular flexibility index (Phi) is 4.88. The van der Waals surface area contributed by atoms with Gasteiger partial charge in [-0.15, -0.1) is 0 Å². The number of ether oxygens (including phenoxy) is 2. The molecule has 0 bridgehead atoms. The Morgan fingerprint density at radius 2 is 1.96 bits per heavy atom. The topological polar surface area (TPSA) is 65.0 Å². The first-order chi connectivity index (χ1) is 11.9. The average Bonchev–Trinajstić information content (AvgIpc) is 2.89. The Morgan fingerprint density at radius 1 is 1.20 bits per heavy atom. The smallest absolute Gasteiger partial charge is 0.363 e. The van der Waals surface area contributed by atoms with Gasteiger partial charge in [-0.3, -0.25) is 4.79 Å². The van der Waals surface area contributed by atoms with Gasteiger partial charge in [-0.25, -0.2) is 9.79 Å². The zero-order valence-corrected chi connectivity index (χ0v) is 14.5. The molecule has 0 amide bonds. The predicted molar refractivity (Wildman–Crippen MR) is 94.8 cm³/mol. The lowest BCUT2D eigenvalue weighted by Crippen LogP contribution is -2.06. The Bertz CT molecular complexity index is 934. The van der Waals surface area contributed by atoms with Gasteiger partial charge in [0.05, 0.1) is 10.6 Å². The summed E-state index contributed by atoms with van der Waals surface area (Å²) in [5.41, 5.74) is 1.05. The van der Waals surface area contributed by atoms with Crippen molar-refractivity contribution in [3.8, 4) is 5.75 Å². The molecule has 2 aromatic carbocycles. The lowest BCUT2D eigenvalue weighted by Gasteiger charge is -2.04. The molecule has 1 aliphatic rings. The summed E-state index contributed by atoms with van der Waals surface area (Å²) < 4.78 is 10.3. The van der Waals surface area contributed by atoms with Gasteiger partial charge in [-0.05, 0) is 30.3 Å². The standard InChI is InChI=1S/C18H11Cl2NO4/c1-10(22)24-16-5-3-2-4-11(16)8-15-18(23)25-17(21-15)13-7-6-12(19)9-14(13)20/h2-9H,1H3. The van der Waals surface area contributed by atoms with Gasteiger partial charge in [0.25, 0.3) is 0 Å². The van der Waals surface area contributed by atoms with Crippen LogP contribution in [0.15, 0.2) is 53.2 Å². The molecule has 0 aliphatic carbocycles. The van der Waals surface area contributed by atoms with Crippen molar-refractivity contribution in [2.24, 2.45) is 4.99 Å². The molecule has 1 aliphatic heterocycles. The molecule has 0 fully saturated rings. The molecule has 126 valence electrons. The summed E-state index contributed by atoms with van der Waals surface area (Å²) in [4.78, 5) is 27.5. The van der Waals surface area contributed by atoms with E-state index in [-0.39, 0.29) is 11.6 Å². The number of aliphatic imine (C=N–C) groups is 1. The first-order valence-corrected chi connectivity index (χ1v) is 7.95. The van der Waals surface area contributed by atoms with Gasteiger partial charge >= 0.3 is 11.9 Å². The van der Waals surface area contributed by atoms with Crippen LogP contribution in [0.1, 0.15) is 18.1 Å². The van der Waals surface area contributed by atoms with E-state index in [1.54, 1.807) is 36.4 Å². The van der Waals surface area contributed by atoms with E-state index in [0.717, 1.165) is 0 Å². The van der Waals surface area contributed by atoms with Gasteiger partial charge in [0.1, 0.15) is 5.75 Å². The number of halogens is 2. The van der Waals surface area contributed by atoms with Crippen molar-refractivity contribution < 1.29 is 19.1 Å². The highest BCUT2D eigenvalue weighted by atomic mass is 35.5. The predicted octanol–water partition coefficient (Wildman–Crippen LogP) is 4.26. The van der Waals surface area contributed by atoms with Crippen molar-refractivity contribution in [1.82, 2.24) is 0 Å². The molecule has 0 radical (unpaired) electrons. The maximum atomic E-state index is 12.1. The molecule has 25 heavy (non-hydrogen) atoms. The molecular formula is C18H11Cl2NO4. The van der Waals surface area contributed by atoms with Crippen LogP contribution in [0, 0.1) is 0 Å². The van der Waals surface area contributed by atoms with Crippen LogP contribution in [-0.2, 0) is 14.3 Å². The van der Waals surface area contributed by atoms with E-state index in [1.807, 2.05) is 0 Å². The molecule has 0 saturated heterocycles. The minimum atomic E-state index is -0.626. The molecule has 0 unspecified atom stereocenters. The first kappa shape index (κ1) is 17.2. The zero-order chi connectivity index (χ0) is 18.0. The highest BCUT2D eigenvalue weighted by Crippen LogP contribution is 2.28.